The molecule has 0 rings (SSSR count). The highest BCUT2D eigenvalue weighted by Crippen LogP contribution is 2.15. The van der Waals surface area contributed by atoms with Crippen LogP contribution in [0.25, 0.3) is 0 Å². The summed E-state index contributed by atoms with van der Waals surface area (Å²) in [4.78, 5) is 0. The van der Waals surface area contributed by atoms with Gasteiger partial charge in [-0.05, 0) is 18.4 Å². The maximum absolute atomic E-state index is 5.37. The minimum Gasteiger partial charge on any atom is -0.340 e. The second-order valence-electron chi connectivity index (χ2n) is 2.50. The highest BCUT2D eigenvalue weighted by molar-refractivity contribution is 8.11. The third-order valence-electron chi connectivity index (χ3n) is 0.666. The molecule has 0 spiro atoms. The first-order valence-electron chi connectivity index (χ1n) is 2.93. The van der Waals surface area contributed by atoms with E-state index < -0.39 is 0 Å². The highest BCUT2D eigenvalue weighted by atomic mass is 32.2. The van der Waals surface area contributed by atoms with Crippen molar-refractivity contribution < 1.29 is 4.18 Å². The fraction of sp³-hybridized carbons (Fsp3) is 1.00. The number of rotatable bonds is 3. The third kappa shape index (κ3) is 6.31. The molecule has 0 aliphatic carbocycles. The Balaban J connectivity index is 2.93. The summed E-state index contributed by atoms with van der Waals surface area (Å²) in [5.41, 5.74) is 0. The Morgan fingerprint density at radius 1 is 1.38 bits per heavy atom. The summed E-state index contributed by atoms with van der Waals surface area (Å²) < 4.78 is 5.37. The van der Waals surface area contributed by atoms with Gasteiger partial charge in [0.1, 0.15) is 0 Å². The van der Waals surface area contributed by atoms with Crippen LogP contribution in [0, 0.1) is 5.92 Å². The van der Waals surface area contributed by atoms with E-state index in [1.54, 1.807) is 0 Å². The van der Waals surface area contributed by atoms with Crippen LogP contribution in [0.1, 0.15) is 13.8 Å². The summed E-state index contributed by atoms with van der Waals surface area (Å²) in [6.45, 7) is 5.25. The molecule has 8 heavy (non-hydrogen) atoms. The smallest absolute Gasteiger partial charge is 0.0612 e. The van der Waals surface area contributed by atoms with Crippen molar-refractivity contribution in [1.29, 1.82) is 0 Å². The van der Waals surface area contributed by atoms with E-state index in [0.717, 1.165) is 6.61 Å². The van der Waals surface area contributed by atoms with Gasteiger partial charge < -0.3 is 4.18 Å². The Morgan fingerprint density at radius 3 is 2.00 bits per heavy atom. The largest absolute Gasteiger partial charge is 0.340 e. The molecule has 52 valence electrons. The molecule has 1 nitrogen and oxygen atoms in total. The van der Waals surface area contributed by atoms with Crippen molar-refractivity contribution in [1.82, 2.24) is 0 Å². The Bertz CT molecular complexity index is 44.5. The Labute approximate surface area is 55.0 Å². The lowest BCUT2D eigenvalue weighted by Crippen LogP contribution is -1.98. The second-order valence-corrected chi connectivity index (χ2v) is 4.38. The van der Waals surface area contributed by atoms with Gasteiger partial charge in [0.05, 0.1) is 6.61 Å². The van der Waals surface area contributed by atoms with Gasteiger partial charge >= 0.3 is 0 Å². The predicted molar refractivity (Wildman–Crippen MR) is 41.6 cm³/mol. The molecule has 0 aromatic rings. The molecular weight excluding hydrogens is 120 g/mol. The van der Waals surface area contributed by atoms with Crippen LogP contribution < -0.4 is 0 Å². The summed E-state index contributed by atoms with van der Waals surface area (Å²) in [6.07, 6.45) is 4.25. The highest BCUT2D eigenvalue weighted by Gasteiger charge is 1.92. The lowest BCUT2D eigenvalue weighted by Gasteiger charge is -2.11. The third-order valence-corrected chi connectivity index (χ3v) is 1.33. The summed E-state index contributed by atoms with van der Waals surface area (Å²) in [6, 6.07) is 0. The topological polar surface area (TPSA) is 9.23 Å². The lowest BCUT2D eigenvalue weighted by atomic mass is 10.2. The van der Waals surface area contributed by atoms with Crippen LogP contribution in [-0.2, 0) is 4.18 Å². The van der Waals surface area contributed by atoms with E-state index in [4.69, 9.17) is 4.18 Å². The van der Waals surface area contributed by atoms with Gasteiger partial charge in [-0.1, -0.05) is 13.8 Å². The summed E-state index contributed by atoms with van der Waals surface area (Å²) >= 11 is -0.133. The van der Waals surface area contributed by atoms with E-state index in [1.165, 1.54) is 0 Å². The van der Waals surface area contributed by atoms with Gasteiger partial charge in [0.2, 0.25) is 0 Å². The minimum absolute atomic E-state index is 0.133. The fourth-order valence-corrected chi connectivity index (χ4v) is 0.894. The SMILES string of the molecule is CC(C)CO[SH](C)C. The van der Waals surface area contributed by atoms with Gasteiger partial charge in [-0.25, -0.2) is 0 Å². The molecule has 0 saturated carbocycles. The molecule has 0 aromatic heterocycles. The lowest BCUT2D eigenvalue weighted by molar-refractivity contribution is 0.312. The molecule has 0 radical (unpaired) electrons. The first-order valence-corrected chi connectivity index (χ1v) is 5.08. The molecule has 0 atom stereocenters. The zero-order valence-electron chi connectivity index (χ0n) is 6.14. The monoisotopic (exact) mass is 136 g/mol. The van der Waals surface area contributed by atoms with E-state index in [0.29, 0.717) is 5.92 Å². The maximum atomic E-state index is 5.37. The molecule has 0 aliphatic heterocycles. The number of hydrogen-bond acceptors (Lipinski definition) is 1. The molecule has 0 aromatic carbocycles. The second kappa shape index (κ2) is 4.21. The Kier molecular flexibility index (Phi) is 4.38. The van der Waals surface area contributed by atoms with E-state index in [1.807, 2.05) is 0 Å². The van der Waals surface area contributed by atoms with Crippen LogP contribution in [0.3, 0.4) is 0 Å². The van der Waals surface area contributed by atoms with Crippen LogP contribution in [0.15, 0.2) is 0 Å². The van der Waals surface area contributed by atoms with Crippen LogP contribution in [0.4, 0.5) is 0 Å². The van der Waals surface area contributed by atoms with Gasteiger partial charge in [-0.2, -0.15) is 11.2 Å². The Hall–Kier alpha value is 0.310. The molecule has 0 amide bonds. The first kappa shape index (κ1) is 8.31. The molecule has 0 bridgehead atoms. The van der Waals surface area contributed by atoms with E-state index in [9.17, 15) is 0 Å². The predicted octanol–water partition coefficient (Wildman–Crippen LogP) is 1.83. The molecule has 0 saturated heterocycles. The summed E-state index contributed by atoms with van der Waals surface area (Å²) in [5, 5.41) is 0. The normalized spacial score (nSPS) is 12.4. The van der Waals surface area contributed by atoms with Gasteiger partial charge in [0, 0.05) is 0 Å². The summed E-state index contributed by atoms with van der Waals surface area (Å²) in [5.74, 6) is 0.680. The van der Waals surface area contributed by atoms with Crippen LogP contribution in [0.2, 0.25) is 0 Å². The first-order chi connectivity index (χ1) is 3.63. The van der Waals surface area contributed by atoms with Crippen LogP contribution in [-0.4, -0.2) is 19.1 Å². The molecular formula is C6H16OS. The average molecular weight is 136 g/mol. The van der Waals surface area contributed by atoms with Gasteiger partial charge in [-0.3, -0.25) is 0 Å². The van der Waals surface area contributed by atoms with Crippen LogP contribution in [0.5, 0.6) is 0 Å². The fourth-order valence-electron chi connectivity index (χ4n) is 0.298. The quantitative estimate of drug-likeness (QED) is 0.582. The zero-order chi connectivity index (χ0) is 6.57. The molecule has 0 unspecified atom stereocenters. The zero-order valence-corrected chi connectivity index (χ0v) is 7.03. The van der Waals surface area contributed by atoms with Crippen molar-refractivity contribution in [3.8, 4) is 0 Å². The van der Waals surface area contributed by atoms with Crippen LogP contribution >= 0.6 is 11.2 Å². The van der Waals surface area contributed by atoms with E-state index >= 15 is 0 Å². The Morgan fingerprint density at radius 2 is 1.88 bits per heavy atom. The van der Waals surface area contributed by atoms with Gasteiger partial charge in [0.25, 0.3) is 0 Å². The van der Waals surface area contributed by atoms with Crippen molar-refractivity contribution >= 4 is 11.2 Å². The molecule has 0 N–H and O–H groups in total. The molecule has 0 heterocycles. The number of thiol groups is 1. The van der Waals surface area contributed by atoms with Gasteiger partial charge in [-0.15, -0.1) is 0 Å². The molecule has 0 fully saturated rings. The van der Waals surface area contributed by atoms with Crippen molar-refractivity contribution in [3.05, 3.63) is 0 Å². The molecule has 2 heteroatoms. The van der Waals surface area contributed by atoms with E-state index in [-0.39, 0.29) is 11.2 Å². The van der Waals surface area contributed by atoms with Crippen molar-refractivity contribution in [2.45, 2.75) is 13.8 Å². The van der Waals surface area contributed by atoms with E-state index in [2.05, 4.69) is 26.4 Å². The average Bonchev–Trinajstić information content (AvgIpc) is 1.61. The number of hydrogen-bond donors (Lipinski definition) is 1. The van der Waals surface area contributed by atoms with Gasteiger partial charge in [0.15, 0.2) is 0 Å². The van der Waals surface area contributed by atoms with Crippen molar-refractivity contribution in [2.75, 3.05) is 19.1 Å². The van der Waals surface area contributed by atoms with Crippen molar-refractivity contribution in [2.24, 2.45) is 5.92 Å². The minimum atomic E-state index is -0.133. The van der Waals surface area contributed by atoms with Crippen molar-refractivity contribution in [3.63, 3.8) is 0 Å². The summed E-state index contributed by atoms with van der Waals surface area (Å²) in [7, 11) is 0. The molecule has 0 aliphatic rings. The maximum Gasteiger partial charge on any atom is 0.0612 e. The standard InChI is InChI=1S/C6H16OS/c1-6(2)5-7-8(3)4/h6,8H,5H2,1-4H3.